The minimum absolute atomic E-state index is 0.141. The van der Waals surface area contributed by atoms with Crippen LogP contribution in [-0.4, -0.2) is 42.7 Å². The number of hydrogen-bond donors (Lipinski definition) is 0. The van der Waals surface area contributed by atoms with Crippen molar-refractivity contribution in [1.29, 1.82) is 0 Å². The van der Waals surface area contributed by atoms with Crippen molar-refractivity contribution >= 4 is 17.3 Å². The van der Waals surface area contributed by atoms with Gasteiger partial charge in [0.05, 0.1) is 37.5 Å². The standard InChI is InChI=1S/C22H20N2O3/c25-19-13-22(8-10-26-11-9-22)27-20-7-6-16(12-17(19)20)18-14-23-21(24-18)15-4-2-1-3-5-15/h1-7,12H,8-11,13-14H2. The van der Waals surface area contributed by atoms with Crippen LogP contribution in [0.2, 0.25) is 0 Å². The van der Waals surface area contributed by atoms with Gasteiger partial charge < -0.3 is 9.47 Å². The van der Waals surface area contributed by atoms with Crippen LogP contribution in [0.25, 0.3) is 0 Å². The van der Waals surface area contributed by atoms with Crippen molar-refractivity contribution < 1.29 is 14.3 Å². The summed E-state index contributed by atoms with van der Waals surface area (Å²) in [6.07, 6.45) is 1.95. The highest BCUT2D eigenvalue weighted by Crippen LogP contribution is 2.39. The van der Waals surface area contributed by atoms with Gasteiger partial charge in [-0.25, -0.2) is 4.99 Å². The number of hydrogen-bond acceptors (Lipinski definition) is 5. The van der Waals surface area contributed by atoms with Gasteiger partial charge in [0, 0.05) is 18.4 Å². The van der Waals surface area contributed by atoms with Gasteiger partial charge in [-0.05, 0) is 23.8 Å². The number of rotatable bonds is 2. The van der Waals surface area contributed by atoms with E-state index in [1.54, 1.807) is 0 Å². The van der Waals surface area contributed by atoms with E-state index in [-0.39, 0.29) is 5.78 Å². The lowest BCUT2D eigenvalue weighted by molar-refractivity contribution is -0.0504. The lowest BCUT2D eigenvalue weighted by Crippen LogP contribution is -2.46. The lowest BCUT2D eigenvalue weighted by Gasteiger charge is -2.40. The van der Waals surface area contributed by atoms with Crippen LogP contribution < -0.4 is 4.74 Å². The Balaban J connectivity index is 1.43. The Morgan fingerprint density at radius 1 is 0.963 bits per heavy atom. The van der Waals surface area contributed by atoms with Gasteiger partial charge in [0.15, 0.2) is 11.6 Å². The van der Waals surface area contributed by atoms with Gasteiger partial charge in [0.25, 0.3) is 0 Å². The van der Waals surface area contributed by atoms with Crippen LogP contribution in [0, 0.1) is 0 Å². The third-order valence-electron chi connectivity index (χ3n) is 5.48. The third-order valence-corrected chi connectivity index (χ3v) is 5.48. The number of nitrogens with zero attached hydrogens (tertiary/aromatic N) is 2. The Bertz CT molecular complexity index is 957. The van der Waals surface area contributed by atoms with E-state index in [1.165, 1.54) is 0 Å². The molecule has 0 bridgehead atoms. The van der Waals surface area contributed by atoms with E-state index in [4.69, 9.17) is 9.47 Å². The van der Waals surface area contributed by atoms with E-state index in [0.29, 0.717) is 37.5 Å². The zero-order valence-electron chi connectivity index (χ0n) is 15.0. The number of Topliss-reactive ketones (excluding diaryl/α,β-unsaturated/α-hetero) is 1. The zero-order chi connectivity index (χ0) is 18.3. The first kappa shape index (κ1) is 16.4. The average Bonchev–Trinajstić information content (AvgIpc) is 3.19. The summed E-state index contributed by atoms with van der Waals surface area (Å²) in [6.45, 7) is 1.83. The lowest BCUT2D eigenvalue weighted by atomic mass is 9.83. The molecule has 5 nitrogen and oxygen atoms in total. The largest absolute Gasteiger partial charge is 0.486 e. The Morgan fingerprint density at radius 2 is 1.78 bits per heavy atom. The molecular formula is C22H20N2O3. The second kappa shape index (κ2) is 6.43. The number of ether oxygens (including phenoxy) is 2. The maximum Gasteiger partial charge on any atom is 0.170 e. The third kappa shape index (κ3) is 2.98. The molecular weight excluding hydrogens is 340 g/mol. The molecule has 27 heavy (non-hydrogen) atoms. The summed E-state index contributed by atoms with van der Waals surface area (Å²) >= 11 is 0. The van der Waals surface area contributed by atoms with Crippen LogP contribution in [0.15, 0.2) is 58.5 Å². The molecule has 1 saturated heterocycles. The second-order valence-corrected chi connectivity index (χ2v) is 7.27. The summed E-state index contributed by atoms with van der Waals surface area (Å²) in [6, 6.07) is 15.7. The van der Waals surface area contributed by atoms with E-state index < -0.39 is 5.60 Å². The highest BCUT2D eigenvalue weighted by atomic mass is 16.5. The maximum absolute atomic E-state index is 12.8. The van der Waals surface area contributed by atoms with Gasteiger partial charge in [0.2, 0.25) is 0 Å². The van der Waals surface area contributed by atoms with Gasteiger partial charge in [0.1, 0.15) is 11.4 Å². The predicted molar refractivity (Wildman–Crippen MR) is 103 cm³/mol. The first-order chi connectivity index (χ1) is 13.2. The number of fused-ring (bicyclic) bond motifs is 1. The fourth-order valence-electron chi connectivity index (χ4n) is 3.94. The van der Waals surface area contributed by atoms with Crippen LogP contribution in [-0.2, 0) is 4.74 Å². The molecule has 3 heterocycles. The van der Waals surface area contributed by atoms with Crippen LogP contribution in [0.4, 0.5) is 0 Å². The summed E-state index contributed by atoms with van der Waals surface area (Å²) in [5.41, 5.74) is 3.09. The molecule has 0 aliphatic carbocycles. The highest BCUT2D eigenvalue weighted by molar-refractivity contribution is 6.17. The molecule has 0 aromatic heterocycles. The number of amidine groups is 1. The number of carbonyl (C=O) groups is 1. The molecule has 5 rings (SSSR count). The SMILES string of the molecule is O=C1CC2(CCOCC2)Oc2ccc(C3=NC(c4ccccc4)=NC3)cc21. The van der Waals surface area contributed by atoms with Crippen molar-refractivity contribution in [2.75, 3.05) is 19.8 Å². The first-order valence-electron chi connectivity index (χ1n) is 9.34. The molecule has 0 saturated carbocycles. The van der Waals surface area contributed by atoms with E-state index in [0.717, 1.165) is 35.5 Å². The van der Waals surface area contributed by atoms with E-state index in [9.17, 15) is 4.79 Å². The maximum atomic E-state index is 12.8. The Kier molecular flexibility index (Phi) is 3.90. The molecule has 3 aliphatic heterocycles. The molecule has 1 spiro atoms. The quantitative estimate of drug-likeness (QED) is 0.824. The molecule has 3 aliphatic rings. The van der Waals surface area contributed by atoms with Crippen LogP contribution in [0.3, 0.4) is 0 Å². The molecule has 0 amide bonds. The molecule has 0 unspecified atom stereocenters. The molecule has 136 valence electrons. The van der Waals surface area contributed by atoms with Crippen molar-refractivity contribution in [2.24, 2.45) is 9.98 Å². The fourth-order valence-corrected chi connectivity index (χ4v) is 3.94. The number of aliphatic imine (C=N–C) groups is 2. The number of carbonyl (C=O) groups excluding carboxylic acids is 1. The minimum atomic E-state index is -0.391. The fraction of sp³-hybridized carbons (Fsp3) is 0.318. The van der Waals surface area contributed by atoms with Crippen LogP contribution >= 0.6 is 0 Å². The first-order valence-corrected chi connectivity index (χ1v) is 9.34. The van der Waals surface area contributed by atoms with Crippen molar-refractivity contribution in [1.82, 2.24) is 0 Å². The molecule has 5 heteroatoms. The molecule has 2 aromatic carbocycles. The Morgan fingerprint density at radius 3 is 2.59 bits per heavy atom. The molecule has 1 fully saturated rings. The Hall–Kier alpha value is -2.79. The molecule has 0 N–H and O–H groups in total. The van der Waals surface area contributed by atoms with Gasteiger partial charge in [-0.1, -0.05) is 30.3 Å². The smallest absolute Gasteiger partial charge is 0.170 e. The number of benzene rings is 2. The highest BCUT2D eigenvalue weighted by Gasteiger charge is 2.42. The van der Waals surface area contributed by atoms with Gasteiger partial charge in [-0.15, -0.1) is 0 Å². The average molecular weight is 360 g/mol. The van der Waals surface area contributed by atoms with Gasteiger partial charge in [-0.2, -0.15) is 0 Å². The van der Waals surface area contributed by atoms with Gasteiger partial charge in [-0.3, -0.25) is 9.79 Å². The van der Waals surface area contributed by atoms with Crippen molar-refractivity contribution in [3.8, 4) is 5.75 Å². The second-order valence-electron chi connectivity index (χ2n) is 7.27. The van der Waals surface area contributed by atoms with Crippen molar-refractivity contribution in [2.45, 2.75) is 24.9 Å². The van der Waals surface area contributed by atoms with Crippen molar-refractivity contribution in [3.05, 3.63) is 65.2 Å². The van der Waals surface area contributed by atoms with Crippen LogP contribution in [0.1, 0.15) is 40.7 Å². The topological polar surface area (TPSA) is 60.2 Å². The predicted octanol–water partition coefficient (Wildman–Crippen LogP) is 3.45. The molecule has 2 aromatic rings. The monoisotopic (exact) mass is 360 g/mol. The summed E-state index contributed by atoms with van der Waals surface area (Å²) in [5, 5.41) is 0. The summed E-state index contributed by atoms with van der Waals surface area (Å²) < 4.78 is 11.7. The van der Waals surface area contributed by atoms with E-state index in [1.807, 2.05) is 48.5 Å². The normalized spacial score (nSPS) is 20.7. The number of ketones is 1. The molecule has 0 radical (unpaired) electrons. The summed E-state index contributed by atoms with van der Waals surface area (Å²) in [4.78, 5) is 22.1. The zero-order valence-corrected chi connectivity index (χ0v) is 15.0. The van der Waals surface area contributed by atoms with Crippen molar-refractivity contribution in [3.63, 3.8) is 0 Å². The van der Waals surface area contributed by atoms with Gasteiger partial charge >= 0.3 is 0 Å². The minimum Gasteiger partial charge on any atom is -0.486 e. The summed E-state index contributed by atoms with van der Waals surface area (Å²) in [7, 11) is 0. The van der Waals surface area contributed by atoms with E-state index >= 15 is 0 Å². The van der Waals surface area contributed by atoms with Crippen LogP contribution in [0.5, 0.6) is 5.75 Å². The Labute approximate surface area is 157 Å². The molecule has 0 atom stereocenters. The van der Waals surface area contributed by atoms with E-state index in [2.05, 4.69) is 9.98 Å². The summed E-state index contributed by atoms with van der Waals surface area (Å²) in [5.74, 6) is 1.56.